The van der Waals surface area contributed by atoms with E-state index in [4.69, 9.17) is 4.74 Å². The van der Waals surface area contributed by atoms with Crippen molar-refractivity contribution in [1.29, 1.82) is 0 Å². The number of nitrogens with one attached hydrogen (secondary N) is 2. The molecule has 5 heteroatoms. The summed E-state index contributed by atoms with van der Waals surface area (Å²) in [5.41, 5.74) is 2.30. The van der Waals surface area contributed by atoms with Crippen molar-refractivity contribution in [2.45, 2.75) is 19.0 Å². The molecule has 0 saturated carbocycles. The molecule has 2 aromatic rings. The Bertz CT molecular complexity index is 830. The van der Waals surface area contributed by atoms with E-state index in [0.29, 0.717) is 6.61 Å². The Morgan fingerprint density at radius 2 is 1.85 bits per heavy atom. The highest BCUT2D eigenvalue weighted by atomic mass is 16.5. The molecule has 0 saturated heterocycles. The minimum Gasteiger partial charge on any atom is -0.494 e. The van der Waals surface area contributed by atoms with Crippen LogP contribution in [0.2, 0.25) is 0 Å². The number of para-hydroxylation sites is 2. The molecule has 0 amide bonds. The second kappa shape index (κ2) is 8.45. The Labute approximate surface area is 160 Å². The molecule has 1 unspecified atom stereocenters. The van der Waals surface area contributed by atoms with Crippen molar-refractivity contribution in [2.75, 3.05) is 18.5 Å². The van der Waals surface area contributed by atoms with Crippen LogP contribution in [0.1, 0.15) is 12.8 Å². The van der Waals surface area contributed by atoms with Gasteiger partial charge >= 0.3 is 0 Å². The van der Waals surface area contributed by atoms with Gasteiger partial charge < -0.3 is 20.3 Å². The fourth-order valence-corrected chi connectivity index (χ4v) is 3.23. The van der Waals surface area contributed by atoms with Crippen LogP contribution < -0.4 is 15.4 Å². The quantitative estimate of drug-likeness (QED) is 0.766. The minimum absolute atomic E-state index is 0.135. The van der Waals surface area contributed by atoms with Crippen LogP contribution in [0.3, 0.4) is 0 Å². The van der Waals surface area contributed by atoms with Gasteiger partial charge in [-0.05, 0) is 48.9 Å². The molecule has 138 valence electrons. The molecule has 2 N–H and O–H groups in total. The van der Waals surface area contributed by atoms with Crippen LogP contribution in [-0.4, -0.2) is 30.2 Å². The Morgan fingerprint density at radius 3 is 2.67 bits per heavy atom. The van der Waals surface area contributed by atoms with Gasteiger partial charge in [-0.25, -0.2) is 4.99 Å². The average molecular weight is 360 g/mol. The first-order valence-electron chi connectivity index (χ1n) is 9.34. The van der Waals surface area contributed by atoms with Crippen LogP contribution in [0, 0.1) is 0 Å². The van der Waals surface area contributed by atoms with Crippen LogP contribution in [0.4, 0.5) is 5.69 Å². The summed E-state index contributed by atoms with van der Waals surface area (Å²) in [6.45, 7) is 1.61. The number of rotatable bonds is 6. The predicted octanol–water partition coefficient (Wildman–Crippen LogP) is 3.96. The monoisotopic (exact) mass is 360 g/mol. The molecular weight excluding hydrogens is 336 g/mol. The number of anilines is 1. The summed E-state index contributed by atoms with van der Waals surface area (Å²) in [4.78, 5) is 6.84. The smallest absolute Gasteiger partial charge is 0.202 e. The van der Waals surface area contributed by atoms with Crippen molar-refractivity contribution >= 4 is 11.6 Å². The molecule has 0 radical (unpaired) electrons. The highest BCUT2D eigenvalue weighted by Crippen LogP contribution is 2.22. The van der Waals surface area contributed by atoms with Gasteiger partial charge in [0.1, 0.15) is 11.9 Å². The molecule has 2 aliphatic rings. The SMILES string of the molecule is C1=CN(CCCOc2ccccc2)C2NC(Nc3ccccc3)=NC=C2C1. The van der Waals surface area contributed by atoms with Gasteiger partial charge in [-0.2, -0.15) is 0 Å². The lowest BCUT2D eigenvalue weighted by molar-refractivity contribution is 0.237. The largest absolute Gasteiger partial charge is 0.494 e. The second-order valence-electron chi connectivity index (χ2n) is 6.56. The molecule has 0 bridgehead atoms. The van der Waals surface area contributed by atoms with E-state index in [0.717, 1.165) is 36.8 Å². The van der Waals surface area contributed by atoms with Gasteiger partial charge in [-0.3, -0.25) is 0 Å². The number of hydrogen-bond acceptors (Lipinski definition) is 5. The number of guanidine groups is 1. The summed E-state index contributed by atoms with van der Waals surface area (Å²) in [5.74, 6) is 1.69. The highest BCUT2D eigenvalue weighted by Gasteiger charge is 2.26. The fraction of sp³-hybridized carbons (Fsp3) is 0.227. The van der Waals surface area contributed by atoms with Crippen molar-refractivity contribution in [1.82, 2.24) is 10.2 Å². The Hall–Kier alpha value is -3.21. The third kappa shape index (κ3) is 4.50. The van der Waals surface area contributed by atoms with Crippen molar-refractivity contribution < 1.29 is 4.74 Å². The van der Waals surface area contributed by atoms with Crippen LogP contribution in [0.25, 0.3) is 0 Å². The van der Waals surface area contributed by atoms with Crippen LogP contribution >= 0.6 is 0 Å². The zero-order chi connectivity index (χ0) is 18.3. The summed E-state index contributed by atoms with van der Waals surface area (Å²) in [6, 6.07) is 20.0. The molecule has 2 aliphatic heterocycles. The Balaban J connectivity index is 1.32. The normalized spacial score (nSPS) is 18.1. The number of allylic oxidation sites excluding steroid dienone is 1. The van der Waals surface area contributed by atoms with Gasteiger partial charge in [0, 0.05) is 18.4 Å². The van der Waals surface area contributed by atoms with E-state index >= 15 is 0 Å². The van der Waals surface area contributed by atoms with Crippen molar-refractivity contribution in [2.24, 2.45) is 4.99 Å². The maximum Gasteiger partial charge on any atom is 0.202 e. The Morgan fingerprint density at radius 1 is 1.07 bits per heavy atom. The van der Waals surface area contributed by atoms with Gasteiger partial charge in [0.05, 0.1) is 6.61 Å². The maximum absolute atomic E-state index is 5.81. The number of fused-ring (bicyclic) bond motifs is 1. The lowest BCUT2D eigenvalue weighted by atomic mass is 10.1. The zero-order valence-corrected chi connectivity index (χ0v) is 15.2. The molecular formula is C22H24N4O. The molecule has 27 heavy (non-hydrogen) atoms. The molecule has 0 aromatic heterocycles. The predicted molar refractivity (Wildman–Crippen MR) is 110 cm³/mol. The van der Waals surface area contributed by atoms with E-state index in [2.05, 4.69) is 32.8 Å². The molecule has 1 atom stereocenters. The van der Waals surface area contributed by atoms with Crippen LogP contribution in [0.5, 0.6) is 5.75 Å². The van der Waals surface area contributed by atoms with Gasteiger partial charge in [0.25, 0.3) is 0 Å². The third-order valence-corrected chi connectivity index (χ3v) is 4.58. The topological polar surface area (TPSA) is 48.9 Å². The molecule has 4 rings (SSSR count). The lowest BCUT2D eigenvalue weighted by Crippen LogP contribution is -2.52. The lowest BCUT2D eigenvalue weighted by Gasteiger charge is -2.38. The highest BCUT2D eigenvalue weighted by molar-refractivity contribution is 5.95. The molecule has 5 nitrogen and oxygen atoms in total. The summed E-state index contributed by atoms with van der Waals surface area (Å²) in [5, 5.41) is 6.86. The zero-order valence-electron chi connectivity index (χ0n) is 15.2. The van der Waals surface area contributed by atoms with E-state index in [-0.39, 0.29) is 6.17 Å². The van der Waals surface area contributed by atoms with Crippen molar-refractivity contribution in [3.63, 3.8) is 0 Å². The fourth-order valence-electron chi connectivity index (χ4n) is 3.23. The molecule has 0 fully saturated rings. The first-order chi connectivity index (χ1) is 13.4. The van der Waals surface area contributed by atoms with E-state index in [9.17, 15) is 0 Å². The first kappa shape index (κ1) is 17.2. The average Bonchev–Trinajstić information content (AvgIpc) is 2.73. The van der Waals surface area contributed by atoms with E-state index in [1.54, 1.807) is 0 Å². The number of hydrogen-bond donors (Lipinski definition) is 2. The molecule has 2 aromatic carbocycles. The van der Waals surface area contributed by atoms with E-state index in [1.165, 1.54) is 5.57 Å². The second-order valence-corrected chi connectivity index (χ2v) is 6.56. The number of nitrogens with zero attached hydrogens (tertiary/aromatic N) is 2. The van der Waals surface area contributed by atoms with Crippen LogP contribution in [0.15, 0.2) is 89.7 Å². The summed E-state index contributed by atoms with van der Waals surface area (Å²) in [6.07, 6.45) is 8.34. The number of aliphatic imine (C=N–C) groups is 1. The minimum atomic E-state index is 0.135. The molecule has 0 aliphatic carbocycles. The van der Waals surface area contributed by atoms with Gasteiger partial charge in [0.15, 0.2) is 0 Å². The molecule has 2 heterocycles. The van der Waals surface area contributed by atoms with Gasteiger partial charge in [0.2, 0.25) is 5.96 Å². The summed E-state index contributed by atoms with van der Waals surface area (Å²) < 4.78 is 5.81. The summed E-state index contributed by atoms with van der Waals surface area (Å²) in [7, 11) is 0. The van der Waals surface area contributed by atoms with E-state index in [1.807, 2.05) is 66.9 Å². The number of ether oxygens (including phenoxy) is 1. The summed E-state index contributed by atoms with van der Waals surface area (Å²) >= 11 is 0. The Kier molecular flexibility index (Phi) is 5.39. The van der Waals surface area contributed by atoms with E-state index < -0.39 is 0 Å². The molecule has 0 spiro atoms. The van der Waals surface area contributed by atoms with Crippen LogP contribution in [-0.2, 0) is 0 Å². The number of benzene rings is 2. The first-order valence-corrected chi connectivity index (χ1v) is 9.34. The standard InChI is InChI=1S/C22H24N4O/c1-3-10-19(11-4-1)24-22-23-17-18-9-7-14-26(21(18)25-22)15-8-16-27-20-12-5-2-6-13-20/h1-7,10-14,17,21H,8-9,15-16H2,(H2,23,24,25). The van der Waals surface area contributed by atoms with Crippen molar-refractivity contribution in [3.05, 3.63) is 84.7 Å². The third-order valence-electron chi connectivity index (χ3n) is 4.58. The van der Waals surface area contributed by atoms with Gasteiger partial charge in [-0.15, -0.1) is 0 Å². The van der Waals surface area contributed by atoms with Gasteiger partial charge in [-0.1, -0.05) is 42.5 Å². The van der Waals surface area contributed by atoms with Crippen molar-refractivity contribution in [3.8, 4) is 5.75 Å². The maximum atomic E-state index is 5.81.